The second kappa shape index (κ2) is 4.63. The van der Waals surface area contributed by atoms with Gasteiger partial charge in [0.2, 0.25) is 0 Å². The van der Waals surface area contributed by atoms with Crippen molar-refractivity contribution in [1.82, 2.24) is 5.32 Å². The minimum Gasteiger partial charge on any atom is -0.311 e. The van der Waals surface area contributed by atoms with Gasteiger partial charge in [-0.2, -0.15) is 0 Å². The standard InChI is InChI=1S/C18H25N/c1-12(18-9-13-6-7-16(18)8-13)19-17-10-14-4-2-3-5-15(14)11-17/h2-5,12-13,16-19H,6-11H2,1H3. The third-order valence-corrected chi connectivity index (χ3v) is 5.98. The molecule has 1 heteroatoms. The van der Waals surface area contributed by atoms with Gasteiger partial charge in [-0.1, -0.05) is 30.7 Å². The molecule has 0 saturated heterocycles. The molecule has 102 valence electrons. The van der Waals surface area contributed by atoms with Crippen LogP contribution in [0.1, 0.15) is 43.7 Å². The lowest BCUT2D eigenvalue weighted by Crippen LogP contribution is -2.43. The Hall–Kier alpha value is -0.820. The summed E-state index contributed by atoms with van der Waals surface area (Å²) in [5.41, 5.74) is 3.14. The van der Waals surface area contributed by atoms with E-state index in [4.69, 9.17) is 0 Å². The average molecular weight is 255 g/mol. The summed E-state index contributed by atoms with van der Waals surface area (Å²) >= 11 is 0. The van der Waals surface area contributed by atoms with Crippen molar-refractivity contribution in [2.75, 3.05) is 0 Å². The zero-order chi connectivity index (χ0) is 12.8. The number of hydrogen-bond acceptors (Lipinski definition) is 1. The molecule has 19 heavy (non-hydrogen) atoms. The molecule has 3 aliphatic carbocycles. The molecule has 0 aromatic heterocycles. The van der Waals surface area contributed by atoms with Crippen LogP contribution in [0.2, 0.25) is 0 Å². The van der Waals surface area contributed by atoms with Crippen LogP contribution in [-0.4, -0.2) is 12.1 Å². The second-order valence-corrected chi connectivity index (χ2v) is 7.17. The minimum atomic E-state index is 0.687. The Labute approximate surface area is 116 Å². The SMILES string of the molecule is CC(NC1Cc2ccccc2C1)C1CC2CCC1C2. The van der Waals surface area contributed by atoms with Crippen LogP contribution in [0, 0.1) is 17.8 Å². The van der Waals surface area contributed by atoms with E-state index in [1.165, 1.54) is 38.5 Å². The number of benzene rings is 1. The normalized spacial score (nSPS) is 34.7. The monoisotopic (exact) mass is 255 g/mol. The Morgan fingerprint density at radius 3 is 2.37 bits per heavy atom. The van der Waals surface area contributed by atoms with Crippen LogP contribution >= 0.6 is 0 Å². The van der Waals surface area contributed by atoms with E-state index in [2.05, 4.69) is 36.5 Å². The van der Waals surface area contributed by atoms with E-state index in [1.807, 2.05) is 0 Å². The first kappa shape index (κ1) is 12.0. The van der Waals surface area contributed by atoms with Crippen molar-refractivity contribution in [3.63, 3.8) is 0 Å². The van der Waals surface area contributed by atoms with Crippen LogP contribution in [-0.2, 0) is 12.8 Å². The van der Waals surface area contributed by atoms with Crippen molar-refractivity contribution in [2.45, 2.75) is 57.5 Å². The van der Waals surface area contributed by atoms with Crippen LogP contribution in [0.3, 0.4) is 0 Å². The quantitative estimate of drug-likeness (QED) is 0.870. The van der Waals surface area contributed by atoms with Crippen LogP contribution in [0.4, 0.5) is 0 Å². The Balaban J connectivity index is 1.38. The predicted octanol–water partition coefficient (Wildman–Crippen LogP) is 3.57. The van der Waals surface area contributed by atoms with Gasteiger partial charge in [0.15, 0.2) is 0 Å². The summed E-state index contributed by atoms with van der Waals surface area (Å²) in [5.74, 6) is 3.07. The maximum absolute atomic E-state index is 3.95. The highest BCUT2D eigenvalue weighted by atomic mass is 15.0. The van der Waals surface area contributed by atoms with Gasteiger partial charge in [0, 0.05) is 12.1 Å². The molecule has 0 amide bonds. The van der Waals surface area contributed by atoms with Gasteiger partial charge in [-0.05, 0) is 67.9 Å². The maximum atomic E-state index is 3.95. The molecule has 1 N–H and O–H groups in total. The third-order valence-electron chi connectivity index (χ3n) is 5.98. The topological polar surface area (TPSA) is 12.0 Å². The van der Waals surface area contributed by atoms with E-state index in [9.17, 15) is 0 Å². The number of rotatable bonds is 3. The van der Waals surface area contributed by atoms with Gasteiger partial charge >= 0.3 is 0 Å². The fraction of sp³-hybridized carbons (Fsp3) is 0.667. The highest BCUT2D eigenvalue weighted by molar-refractivity contribution is 5.33. The largest absolute Gasteiger partial charge is 0.311 e. The summed E-state index contributed by atoms with van der Waals surface area (Å²) < 4.78 is 0. The maximum Gasteiger partial charge on any atom is 0.0151 e. The zero-order valence-corrected chi connectivity index (χ0v) is 11.9. The number of nitrogens with one attached hydrogen (secondary N) is 1. The fourth-order valence-corrected chi connectivity index (χ4v) is 5.08. The smallest absolute Gasteiger partial charge is 0.0151 e. The molecular weight excluding hydrogens is 230 g/mol. The molecule has 0 aliphatic heterocycles. The van der Waals surface area contributed by atoms with Crippen LogP contribution in [0.5, 0.6) is 0 Å². The molecule has 1 aromatic carbocycles. The first-order valence-electron chi connectivity index (χ1n) is 8.12. The Morgan fingerprint density at radius 2 is 1.79 bits per heavy atom. The molecule has 0 radical (unpaired) electrons. The van der Waals surface area contributed by atoms with E-state index in [1.54, 1.807) is 11.1 Å². The third kappa shape index (κ3) is 2.12. The van der Waals surface area contributed by atoms with E-state index >= 15 is 0 Å². The highest BCUT2D eigenvalue weighted by Crippen LogP contribution is 2.49. The van der Waals surface area contributed by atoms with Gasteiger partial charge < -0.3 is 5.32 Å². The molecule has 2 saturated carbocycles. The number of fused-ring (bicyclic) bond motifs is 3. The lowest BCUT2D eigenvalue weighted by molar-refractivity contribution is 0.246. The van der Waals surface area contributed by atoms with Crippen molar-refractivity contribution in [3.05, 3.63) is 35.4 Å². The molecule has 2 bridgehead atoms. The van der Waals surface area contributed by atoms with E-state index in [0.717, 1.165) is 23.8 Å². The lowest BCUT2D eigenvalue weighted by atomic mass is 9.83. The van der Waals surface area contributed by atoms with Crippen molar-refractivity contribution in [3.8, 4) is 0 Å². The van der Waals surface area contributed by atoms with E-state index in [0.29, 0.717) is 6.04 Å². The van der Waals surface area contributed by atoms with Crippen molar-refractivity contribution < 1.29 is 0 Å². The lowest BCUT2D eigenvalue weighted by Gasteiger charge is -2.30. The Bertz CT molecular complexity index is 442. The minimum absolute atomic E-state index is 0.687. The van der Waals surface area contributed by atoms with Crippen molar-refractivity contribution in [2.24, 2.45) is 17.8 Å². The highest BCUT2D eigenvalue weighted by Gasteiger charge is 2.42. The molecule has 1 aromatic rings. The average Bonchev–Trinajstić information content (AvgIpc) is 3.12. The first-order chi connectivity index (χ1) is 9.29. The Morgan fingerprint density at radius 1 is 1.05 bits per heavy atom. The fourth-order valence-electron chi connectivity index (χ4n) is 5.08. The van der Waals surface area contributed by atoms with E-state index < -0.39 is 0 Å². The molecule has 4 unspecified atom stereocenters. The van der Waals surface area contributed by atoms with Crippen LogP contribution in [0.15, 0.2) is 24.3 Å². The second-order valence-electron chi connectivity index (χ2n) is 7.17. The van der Waals surface area contributed by atoms with Crippen LogP contribution < -0.4 is 5.32 Å². The molecule has 0 spiro atoms. The van der Waals surface area contributed by atoms with Gasteiger partial charge in [0.25, 0.3) is 0 Å². The summed E-state index contributed by atoms with van der Waals surface area (Å²) in [4.78, 5) is 0. The summed E-state index contributed by atoms with van der Waals surface area (Å²) in [6.45, 7) is 2.44. The van der Waals surface area contributed by atoms with Crippen LogP contribution in [0.25, 0.3) is 0 Å². The molecule has 4 rings (SSSR count). The van der Waals surface area contributed by atoms with Gasteiger partial charge in [-0.25, -0.2) is 0 Å². The Kier molecular flexibility index (Phi) is 2.91. The van der Waals surface area contributed by atoms with Crippen molar-refractivity contribution >= 4 is 0 Å². The number of hydrogen-bond donors (Lipinski definition) is 1. The summed E-state index contributed by atoms with van der Waals surface area (Å²) in [7, 11) is 0. The molecular formula is C18H25N. The van der Waals surface area contributed by atoms with Gasteiger partial charge in [0.05, 0.1) is 0 Å². The summed E-state index contributed by atoms with van der Waals surface area (Å²) in [5, 5.41) is 3.95. The zero-order valence-electron chi connectivity index (χ0n) is 11.9. The first-order valence-corrected chi connectivity index (χ1v) is 8.12. The molecule has 1 nitrogen and oxygen atoms in total. The van der Waals surface area contributed by atoms with Crippen molar-refractivity contribution in [1.29, 1.82) is 0 Å². The summed E-state index contributed by atoms with van der Waals surface area (Å²) in [6, 6.07) is 10.4. The predicted molar refractivity (Wildman–Crippen MR) is 79.2 cm³/mol. The van der Waals surface area contributed by atoms with Gasteiger partial charge in [0.1, 0.15) is 0 Å². The molecule has 4 atom stereocenters. The van der Waals surface area contributed by atoms with E-state index in [-0.39, 0.29) is 0 Å². The molecule has 3 aliphatic rings. The van der Waals surface area contributed by atoms with Gasteiger partial charge in [-0.15, -0.1) is 0 Å². The van der Waals surface area contributed by atoms with Gasteiger partial charge in [-0.3, -0.25) is 0 Å². The summed E-state index contributed by atoms with van der Waals surface area (Å²) in [6.07, 6.45) is 8.53. The molecule has 2 fully saturated rings. The molecule has 0 heterocycles.